The fourth-order valence-electron chi connectivity index (χ4n) is 0.0912. The first-order chi connectivity index (χ1) is 3.27. The third-order valence-corrected chi connectivity index (χ3v) is 0.255. The third-order valence-electron chi connectivity index (χ3n) is 0.255. The third kappa shape index (κ3) is 8.82. The maximum absolute atomic E-state index is 9.46. The van der Waals surface area contributed by atoms with Gasteiger partial charge in [0.1, 0.15) is 0 Å². The van der Waals surface area contributed by atoms with Crippen LogP contribution in [0.5, 0.6) is 0 Å². The summed E-state index contributed by atoms with van der Waals surface area (Å²) in [5, 5.41) is 7.75. The van der Waals surface area contributed by atoms with Crippen molar-refractivity contribution in [1.29, 1.82) is 0 Å². The van der Waals surface area contributed by atoms with Gasteiger partial charge in [0.15, 0.2) is 5.94 Å². The average molecular weight is 116 g/mol. The van der Waals surface area contributed by atoms with Gasteiger partial charge in [-0.25, -0.2) is 9.59 Å². The number of aliphatic carboxylic acids is 1. The predicted molar refractivity (Wildman–Crippen MR) is 25.0 cm³/mol. The van der Waals surface area contributed by atoms with Crippen LogP contribution < -0.4 is 0 Å². The largest absolute Gasteiger partial charge is 0.478 e. The Morgan fingerprint density at radius 1 is 1.62 bits per heavy atom. The molecule has 8 heavy (non-hydrogen) atoms. The molecule has 0 rings (SSSR count). The van der Waals surface area contributed by atoms with Crippen LogP contribution in [-0.4, -0.2) is 22.5 Å². The molecule has 0 amide bonds. The second-order valence-electron chi connectivity index (χ2n) is 0.729. The summed E-state index contributed by atoms with van der Waals surface area (Å²) < 4.78 is 0. The van der Waals surface area contributed by atoms with E-state index in [4.69, 9.17) is 5.11 Å². The van der Waals surface area contributed by atoms with Gasteiger partial charge in [-0.3, -0.25) is 0 Å². The molecule has 0 aliphatic carbocycles. The molecule has 0 aliphatic heterocycles. The van der Waals surface area contributed by atoms with Crippen molar-refractivity contribution in [2.45, 2.75) is 0 Å². The van der Waals surface area contributed by atoms with Crippen LogP contribution in [0.2, 0.25) is 0 Å². The zero-order valence-corrected chi connectivity index (χ0v) is 3.84. The summed E-state index contributed by atoms with van der Waals surface area (Å²) in [5.41, 5.74) is 1.72. The van der Waals surface area contributed by atoms with Crippen LogP contribution in [0.3, 0.4) is 0 Å². The quantitative estimate of drug-likeness (QED) is 0.265. The van der Waals surface area contributed by atoms with Crippen molar-refractivity contribution in [3.05, 3.63) is 11.8 Å². The minimum atomic E-state index is -1.19. The minimum Gasteiger partial charge on any atom is -0.478 e. The molecule has 0 saturated heterocycles. The van der Waals surface area contributed by atoms with E-state index >= 15 is 0 Å². The van der Waals surface area contributed by atoms with Crippen LogP contribution >= 0.6 is 0 Å². The van der Waals surface area contributed by atoms with Gasteiger partial charge in [0.2, 0.25) is 0 Å². The lowest BCUT2D eigenvalue weighted by molar-refractivity contribution is -0.131. The lowest BCUT2D eigenvalue weighted by Crippen LogP contribution is -1.83. The van der Waals surface area contributed by atoms with E-state index in [0.717, 1.165) is 5.94 Å². The minimum absolute atomic E-state index is 0. The van der Waals surface area contributed by atoms with Crippen LogP contribution in [0.1, 0.15) is 0 Å². The van der Waals surface area contributed by atoms with E-state index in [-0.39, 0.29) is 5.48 Å². The maximum Gasteiger partial charge on any atom is 0.336 e. The van der Waals surface area contributed by atoms with E-state index in [0.29, 0.717) is 6.08 Å². The number of carbonyl (C=O) groups excluding carboxylic acids is 1. The smallest absolute Gasteiger partial charge is 0.336 e. The Hall–Kier alpha value is -1.34. The molecule has 3 N–H and O–H groups in total. The fraction of sp³-hybridized carbons (Fsp3) is 0. The highest BCUT2D eigenvalue weighted by Crippen LogP contribution is 1.58. The van der Waals surface area contributed by atoms with E-state index in [1.54, 1.807) is 5.73 Å². The van der Waals surface area contributed by atoms with Crippen molar-refractivity contribution in [2.75, 3.05) is 0 Å². The monoisotopic (exact) mass is 116 g/mol. The lowest BCUT2D eigenvalue weighted by Gasteiger charge is -1.64. The second-order valence-corrected chi connectivity index (χ2v) is 0.729. The van der Waals surface area contributed by atoms with E-state index in [9.17, 15) is 9.59 Å². The molecule has 0 unspecified atom stereocenters. The van der Waals surface area contributed by atoms with Crippen LogP contribution in [-0.2, 0) is 9.59 Å². The van der Waals surface area contributed by atoms with Crippen molar-refractivity contribution in [3.8, 4) is 0 Å². The predicted octanol–water partition coefficient (Wildman–Crippen LogP) is -1.21. The fourth-order valence-corrected chi connectivity index (χ4v) is 0.0912. The SMILES string of the molecule is O.O=C=C=CC(=O)O. The maximum atomic E-state index is 9.46. The zero-order chi connectivity index (χ0) is 5.70. The summed E-state index contributed by atoms with van der Waals surface area (Å²) in [6.45, 7) is 0. The van der Waals surface area contributed by atoms with Gasteiger partial charge in [-0.1, -0.05) is 0 Å². The van der Waals surface area contributed by atoms with Crippen LogP contribution in [0.25, 0.3) is 0 Å². The highest BCUT2D eigenvalue weighted by molar-refractivity contribution is 5.80. The second kappa shape index (κ2) is 5.66. The number of hydrogen-bond acceptors (Lipinski definition) is 2. The van der Waals surface area contributed by atoms with E-state index in [2.05, 4.69) is 0 Å². The molecule has 0 heterocycles. The number of carboxylic acids is 1. The van der Waals surface area contributed by atoms with E-state index in [1.165, 1.54) is 0 Å². The topological polar surface area (TPSA) is 85.9 Å². The summed E-state index contributed by atoms with van der Waals surface area (Å²) in [7, 11) is 0. The molecule has 0 spiro atoms. The zero-order valence-electron chi connectivity index (χ0n) is 3.84. The summed E-state index contributed by atoms with van der Waals surface area (Å²) in [6.07, 6.45) is 0.590. The van der Waals surface area contributed by atoms with Crippen molar-refractivity contribution in [2.24, 2.45) is 0 Å². The molecule has 4 heteroatoms. The summed E-state index contributed by atoms with van der Waals surface area (Å²) in [6, 6.07) is 0. The standard InChI is InChI=1S/C4H2O3.H2O/c5-3-1-2-4(6)7;/h2H,(H,6,7);1H2. The first kappa shape index (κ1) is 9.83. The molecule has 0 atom stereocenters. The first-order valence-electron chi connectivity index (χ1n) is 1.46. The van der Waals surface area contributed by atoms with Gasteiger partial charge in [-0.05, 0) is 5.73 Å². The Bertz CT molecular complexity index is 147. The van der Waals surface area contributed by atoms with E-state index < -0.39 is 5.97 Å². The Morgan fingerprint density at radius 2 is 2.12 bits per heavy atom. The van der Waals surface area contributed by atoms with Crippen LogP contribution in [0, 0.1) is 0 Å². The molecule has 4 nitrogen and oxygen atoms in total. The number of carboxylic acid groups (broad SMARTS) is 1. The van der Waals surface area contributed by atoms with Crippen molar-refractivity contribution in [1.82, 2.24) is 0 Å². The Kier molecular flexibility index (Phi) is 6.95. The Morgan fingerprint density at radius 3 is 2.25 bits per heavy atom. The normalized spacial score (nSPS) is 5.00. The Balaban J connectivity index is 0. The van der Waals surface area contributed by atoms with Crippen molar-refractivity contribution in [3.63, 3.8) is 0 Å². The van der Waals surface area contributed by atoms with Crippen LogP contribution in [0.4, 0.5) is 0 Å². The summed E-state index contributed by atoms with van der Waals surface area (Å²) >= 11 is 0. The molecule has 44 valence electrons. The molecule has 0 radical (unpaired) electrons. The highest BCUT2D eigenvalue weighted by Gasteiger charge is 1.77. The highest BCUT2D eigenvalue weighted by atomic mass is 16.4. The molecule has 0 saturated carbocycles. The van der Waals surface area contributed by atoms with Crippen molar-refractivity contribution >= 4 is 11.9 Å². The first-order valence-corrected chi connectivity index (χ1v) is 1.46. The van der Waals surface area contributed by atoms with Crippen molar-refractivity contribution < 1.29 is 20.2 Å². The molecule has 0 aromatic heterocycles. The van der Waals surface area contributed by atoms with E-state index in [1.807, 2.05) is 0 Å². The number of hydrogen-bond donors (Lipinski definition) is 1. The molecular formula is C4H4O4. The lowest BCUT2D eigenvalue weighted by atomic mass is 10.6. The average Bonchev–Trinajstić information content (AvgIpc) is 1.61. The molecule has 0 fully saturated rings. The van der Waals surface area contributed by atoms with Gasteiger partial charge in [-0.2, -0.15) is 0 Å². The number of rotatable bonds is 1. The van der Waals surface area contributed by atoms with Gasteiger partial charge in [0.25, 0.3) is 0 Å². The van der Waals surface area contributed by atoms with Gasteiger partial charge < -0.3 is 10.6 Å². The van der Waals surface area contributed by atoms with Gasteiger partial charge in [-0.15, -0.1) is 0 Å². The molecule has 0 bridgehead atoms. The molecule has 0 aromatic carbocycles. The molecular weight excluding hydrogens is 112 g/mol. The Labute approximate surface area is 45.1 Å². The number of carbonyl (C=O) groups is 1. The van der Waals surface area contributed by atoms with Gasteiger partial charge in [0.05, 0.1) is 6.08 Å². The van der Waals surface area contributed by atoms with Crippen LogP contribution in [0.15, 0.2) is 11.8 Å². The van der Waals surface area contributed by atoms with Gasteiger partial charge >= 0.3 is 5.97 Å². The van der Waals surface area contributed by atoms with Gasteiger partial charge in [0, 0.05) is 0 Å². The summed E-state index contributed by atoms with van der Waals surface area (Å²) in [5.74, 6) is -0.0287. The summed E-state index contributed by atoms with van der Waals surface area (Å²) in [4.78, 5) is 18.6. The molecule has 0 aliphatic rings. The molecule has 0 aromatic rings.